The van der Waals surface area contributed by atoms with Gasteiger partial charge < -0.3 is 11.1 Å². The topological polar surface area (TPSA) is 98.4 Å². The second-order valence-electron chi connectivity index (χ2n) is 6.43. The van der Waals surface area contributed by atoms with Crippen molar-refractivity contribution in [2.75, 3.05) is 22.0 Å². The quantitative estimate of drug-likeness (QED) is 0.373. The van der Waals surface area contributed by atoms with E-state index in [2.05, 4.69) is 15.0 Å². The Bertz CT molecular complexity index is 1250. The van der Waals surface area contributed by atoms with Crippen LogP contribution in [0.2, 0.25) is 0 Å². The lowest BCUT2D eigenvalue weighted by Gasteiger charge is -2.12. The van der Waals surface area contributed by atoms with Gasteiger partial charge in [-0.1, -0.05) is 12.1 Å². The van der Waals surface area contributed by atoms with Crippen LogP contribution in [-0.2, 0) is 10.0 Å². The maximum absolute atomic E-state index is 11.4. The lowest BCUT2D eigenvalue weighted by atomic mass is 10.1. The van der Waals surface area contributed by atoms with Crippen LogP contribution in [0.25, 0.3) is 21.8 Å². The van der Waals surface area contributed by atoms with Crippen molar-refractivity contribution < 1.29 is 13.4 Å². The van der Waals surface area contributed by atoms with Gasteiger partial charge in [0.2, 0.25) is 21.1 Å². The first kappa shape index (κ1) is 17.1. The lowest BCUT2D eigenvalue weighted by Crippen LogP contribution is -2.09. The first-order valence-corrected chi connectivity index (χ1v) is 10.3. The van der Waals surface area contributed by atoms with E-state index in [0.717, 1.165) is 39.4 Å². The summed E-state index contributed by atoms with van der Waals surface area (Å²) in [4.78, 5) is 3.43. The third-order valence-corrected chi connectivity index (χ3v) is 4.84. The maximum Gasteiger partial charge on any atom is 0.229 e. The van der Waals surface area contributed by atoms with Crippen LogP contribution in [0.5, 0.6) is 0 Å². The van der Waals surface area contributed by atoms with Crippen molar-refractivity contribution in [1.82, 2.24) is 0 Å². The minimum absolute atomic E-state index is 0.517. The number of fused-ring (bicyclic) bond motifs is 2. The number of sulfonamides is 1. The fourth-order valence-corrected chi connectivity index (χ4v) is 3.66. The van der Waals surface area contributed by atoms with Gasteiger partial charge >= 0.3 is 0 Å². The number of aromatic nitrogens is 1. The Hall–Kier alpha value is -3.32. The van der Waals surface area contributed by atoms with Gasteiger partial charge in [-0.15, -0.1) is 0 Å². The van der Waals surface area contributed by atoms with Gasteiger partial charge in [0.25, 0.3) is 0 Å². The van der Waals surface area contributed by atoms with Gasteiger partial charge in [0.05, 0.1) is 22.7 Å². The Balaban J connectivity index is 1.81. The Morgan fingerprint density at radius 2 is 1.52 bits per heavy atom. The van der Waals surface area contributed by atoms with Crippen LogP contribution in [0, 0.1) is 0 Å². The van der Waals surface area contributed by atoms with E-state index >= 15 is 0 Å². The predicted octanol–water partition coefficient (Wildman–Crippen LogP) is 3.50. The van der Waals surface area contributed by atoms with Gasteiger partial charge in [0, 0.05) is 29.2 Å². The fraction of sp³-hybridized carbons (Fsp3) is 0.0500. The first-order valence-electron chi connectivity index (χ1n) is 8.37. The minimum Gasteiger partial charge on any atom is -0.399 e. The number of aromatic amines is 1. The number of nitrogen functional groups attached to an aromatic ring is 1. The van der Waals surface area contributed by atoms with E-state index in [1.165, 1.54) is 0 Å². The number of anilines is 4. The zero-order valence-electron chi connectivity index (χ0n) is 14.7. The predicted molar refractivity (Wildman–Crippen MR) is 111 cm³/mol. The number of pyridine rings is 1. The van der Waals surface area contributed by atoms with Gasteiger partial charge in [-0.2, -0.15) is 0 Å². The summed E-state index contributed by atoms with van der Waals surface area (Å²) in [5, 5.41) is 5.47. The van der Waals surface area contributed by atoms with Crippen molar-refractivity contribution in [3.63, 3.8) is 0 Å². The highest BCUT2D eigenvalue weighted by Gasteiger charge is 2.14. The SMILES string of the molecule is CS(=O)(=O)Nc1ccc(Nc2c3ccccc3[nH+]c3ccc(N)cc23)cc1. The smallest absolute Gasteiger partial charge is 0.229 e. The molecule has 5 N–H and O–H groups in total. The molecule has 0 spiro atoms. The van der Waals surface area contributed by atoms with Crippen molar-refractivity contribution in [3.05, 3.63) is 66.7 Å². The van der Waals surface area contributed by atoms with Crippen molar-refractivity contribution in [3.8, 4) is 0 Å². The summed E-state index contributed by atoms with van der Waals surface area (Å²) in [6.07, 6.45) is 1.13. The molecule has 0 saturated carbocycles. The molecule has 1 heterocycles. The van der Waals surface area contributed by atoms with Crippen LogP contribution in [-0.4, -0.2) is 14.7 Å². The number of hydrogen-bond acceptors (Lipinski definition) is 4. The van der Waals surface area contributed by atoms with E-state index < -0.39 is 10.0 Å². The molecule has 7 heteroatoms. The molecule has 6 nitrogen and oxygen atoms in total. The van der Waals surface area contributed by atoms with Crippen LogP contribution in [0.3, 0.4) is 0 Å². The molecular weight excluding hydrogens is 360 g/mol. The highest BCUT2D eigenvalue weighted by atomic mass is 32.2. The van der Waals surface area contributed by atoms with E-state index in [0.29, 0.717) is 11.4 Å². The van der Waals surface area contributed by atoms with Gasteiger partial charge in [-0.25, -0.2) is 13.4 Å². The molecule has 0 unspecified atom stereocenters. The van der Waals surface area contributed by atoms with E-state index in [9.17, 15) is 8.42 Å². The third-order valence-electron chi connectivity index (χ3n) is 4.24. The largest absolute Gasteiger partial charge is 0.399 e. The van der Waals surface area contributed by atoms with Crippen molar-refractivity contribution in [2.45, 2.75) is 0 Å². The highest BCUT2D eigenvalue weighted by Crippen LogP contribution is 2.32. The monoisotopic (exact) mass is 379 g/mol. The summed E-state index contributed by atoms with van der Waals surface area (Å²) in [6, 6.07) is 20.9. The first-order chi connectivity index (χ1) is 12.9. The minimum atomic E-state index is -3.30. The van der Waals surface area contributed by atoms with Gasteiger partial charge in [0.1, 0.15) is 0 Å². The van der Waals surface area contributed by atoms with Crippen molar-refractivity contribution in [2.24, 2.45) is 0 Å². The van der Waals surface area contributed by atoms with E-state index in [-0.39, 0.29) is 0 Å². The number of rotatable bonds is 4. The van der Waals surface area contributed by atoms with Crippen molar-refractivity contribution >= 4 is 54.6 Å². The number of hydrogen-bond donors (Lipinski definition) is 3. The molecule has 1 aromatic heterocycles. The molecule has 4 aromatic rings. The standard InChI is InChI=1S/C20H18N4O2S/c1-27(25,26)24-15-9-7-14(8-10-15)22-20-16-4-2-3-5-18(16)23-19-11-6-13(21)12-17(19)20/h2-12,24H,21H2,1H3,(H,22,23)/p+1. The molecule has 0 radical (unpaired) electrons. The van der Waals surface area contributed by atoms with Crippen LogP contribution in [0.15, 0.2) is 66.7 Å². The summed E-state index contributed by atoms with van der Waals surface area (Å²) < 4.78 is 25.2. The zero-order chi connectivity index (χ0) is 19.0. The lowest BCUT2D eigenvalue weighted by molar-refractivity contribution is -0.310. The van der Waals surface area contributed by atoms with Crippen molar-refractivity contribution in [1.29, 1.82) is 0 Å². The second kappa shape index (κ2) is 6.44. The molecule has 0 aliphatic carbocycles. The van der Waals surface area contributed by atoms with E-state index in [1.807, 2.05) is 54.6 Å². The Kier molecular flexibility index (Phi) is 4.08. The average Bonchev–Trinajstić information content (AvgIpc) is 2.62. The molecule has 3 aromatic carbocycles. The molecule has 0 amide bonds. The normalized spacial score (nSPS) is 11.6. The number of benzene rings is 3. The molecule has 0 aliphatic heterocycles. The summed E-state index contributed by atoms with van der Waals surface area (Å²) >= 11 is 0. The highest BCUT2D eigenvalue weighted by molar-refractivity contribution is 7.92. The van der Waals surface area contributed by atoms with Gasteiger partial charge in [-0.05, 0) is 42.5 Å². The molecule has 0 fully saturated rings. The number of nitrogens with two attached hydrogens (primary N) is 1. The molecule has 4 rings (SSSR count). The summed E-state index contributed by atoms with van der Waals surface area (Å²) in [5.74, 6) is 0. The zero-order valence-corrected chi connectivity index (χ0v) is 15.5. The van der Waals surface area contributed by atoms with Crippen LogP contribution in [0.4, 0.5) is 22.7 Å². The van der Waals surface area contributed by atoms with Gasteiger partial charge in [-0.3, -0.25) is 4.72 Å². The van der Waals surface area contributed by atoms with Gasteiger partial charge in [0.15, 0.2) is 0 Å². The molecular formula is C20H19N4O2S+. The number of nitrogens with one attached hydrogen (secondary N) is 3. The third kappa shape index (κ3) is 3.63. The maximum atomic E-state index is 11.4. The molecule has 136 valence electrons. The molecule has 27 heavy (non-hydrogen) atoms. The number of H-pyrrole nitrogens is 1. The van der Waals surface area contributed by atoms with E-state index in [1.54, 1.807) is 12.1 Å². The van der Waals surface area contributed by atoms with E-state index in [4.69, 9.17) is 5.73 Å². The molecule has 0 atom stereocenters. The molecule has 0 saturated heterocycles. The van der Waals surface area contributed by atoms with Crippen LogP contribution >= 0.6 is 0 Å². The average molecular weight is 379 g/mol. The summed E-state index contributed by atoms with van der Waals surface area (Å²) in [6.45, 7) is 0. The second-order valence-corrected chi connectivity index (χ2v) is 8.18. The van der Waals surface area contributed by atoms with Crippen LogP contribution < -0.4 is 20.8 Å². The van der Waals surface area contributed by atoms with Crippen LogP contribution in [0.1, 0.15) is 0 Å². The molecule has 0 bridgehead atoms. The Labute approximate surface area is 157 Å². The summed E-state index contributed by atoms with van der Waals surface area (Å²) in [7, 11) is -3.30. The Morgan fingerprint density at radius 3 is 2.26 bits per heavy atom. The fourth-order valence-electron chi connectivity index (χ4n) is 3.09. The molecule has 0 aliphatic rings. The Morgan fingerprint density at radius 1 is 0.852 bits per heavy atom. The number of para-hydroxylation sites is 1. The summed E-state index contributed by atoms with van der Waals surface area (Å²) in [5.41, 5.74) is 11.0.